The molecule has 4 heterocycles. The van der Waals surface area contributed by atoms with Gasteiger partial charge in [-0.1, -0.05) is 224 Å². The fourth-order valence-corrected chi connectivity index (χ4v) is 16.0. The van der Waals surface area contributed by atoms with Gasteiger partial charge in [-0.05, 0) is 145 Å². The molecule has 1 aliphatic heterocycles. The molecule has 16 aromatic rings. The van der Waals surface area contributed by atoms with Gasteiger partial charge >= 0.3 is 6.18 Å². The molecule has 1 spiro atoms. The van der Waals surface area contributed by atoms with E-state index in [2.05, 4.69) is 275 Å². The highest BCUT2D eigenvalue weighted by Crippen LogP contribution is 2.66. The number of anilines is 6. The van der Waals surface area contributed by atoms with Crippen molar-refractivity contribution in [3.8, 4) is 16.8 Å². The first-order valence-corrected chi connectivity index (χ1v) is 32.0. The second kappa shape index (κ2) is 19.4. The van der Waals surface area contributed by atoms with Crippen molar-refractivity contribution in [2.75, 3.05) is 9.80 Å². The topological polar surface area (TPSA) is 37.7 Å². The van der Waals surface area contributed by atoms with Crippen LogP contribution in [0.5, 0.6) is 0 Å². The number of aromatic nitrogens is 1. The molecule has 13 aromatic carbocycles. The normalized spacial score (nSPS) is 14.6. The third-order valence-corrected chi connectivity index (χ3v) is 20.2. The summed E-state index contributed by atoms with van der Waals surface area (Å²) in [7, 11) is 0. The lowest BCUT2D eigenvalue weighted by molar-refractivity contribution is -0.136. The zero-order valence-electron chi connectivity index (χ0n) is 52.5. The summed E-state index contributed by atoms with van der Waals surface area (Å²) in [6.45, 7) is 15.5. The third-order valence-electron chi connectivity index (χ3n) is 20.2. The molecule has 18 rings (SSSR count). The van der Waals surface area contributed by atoms with Crippen LogP contribution < -0.4 is 9.80 Å². The van der Waals surface area contributed by atoms with E-state index in [0.29, 0.717) is 22.0 Å². The van der Waals surface area contributed by atoms with E-state index in [9.17, 15) is 0 Å². The molecule has 0 amide bonds. The zero-order valence-corrected chi connectivity index (χ0v) is 52.5. The van der Waals surface area contributed by atoms with E-state index < -0.39 is 17.2 Å². The lowest BCUT2D eigenvalue weighted by Crippen LogP contribution is -2.34. The van der Waals surface area contributed by atoms with E-state index in [1.54, 1.807) is 6.07 Å². The first-order valence-electron chi connectivity index (χ1n) is 32.0. The van der Waals surface area contributed by atoms with Gasteiger partial charge in [-0.2, -0.15) is 13.2 Å². The van der Waals surface area contributed by atoms with Crippen LogP contribution in [0.1, 0.15) is 86.1 Å². The molecule has 1 unspecified atom stereocenters. The summed E-state index contributed by atoms with van der Waals surface area (Å²) in [5.74, 6) is 0. The Balaban J connectivity index is 1.01. The maximum absolute atomic E-state index is 15.1. The molecule has 0 fully saturated rings. The zero-order chi connectivity index (χ0) is 63.2. The minimum Gasteiger partial charge on any atom is -0.454 e. The molecule has 0 bridgehead atoms. The first-order chi connectivity index (χ1) is 45.0. The Labute approximate surface area is 535 Å². The Bertz CT molecular complexity index is 5850. The van der Waals surface area contributed by atoms with Crippen LogP contribution in [0, 0.1) is 6.92 Å². The van der Waals surface area contributed by atoms with Crippen molar-refractivity contribution < 1.29 is 22.0 Å². The monoisotopic (exact) mass is 1210 g/mol. The van der Waals surface area contributed by atoms with Crippen LogP contribution in [0.2, 0.25) is 0 Å². The summed E-state index contributed by atoms with van der Waals surface area (Å²) in [4.78, 5) is 4.67. The van der Waals surface area contributed by atoms with Crippen LogP contribution >= 0.6 is 0 Å². The van der Waals surface area contributed by atoms with E-state index in [-0.39, 0.29) is 16.4 Å². The number of aryl methyl sites for hydroxylation is 1. The molecule has 2 aliphatic rings. The van der Waals surface area contributed by atoms with E-state index in [4.69, 9.17) is 8.83 Å². The molecule has 0 saturated carbocycles. The highest BCUT2D eigenvalue weighted by atomic mass is 19.4. The maximum atomic E-state index is 15.1. The summed E-state index contributed by atoms with van der Waals surface area (Å²) in [5.41, 5.74) is 18.3. The van der Waals surface area contributed by atoms with Gasteiger partial charge in [0.25, 0.3) is 0 Å². The van der Waals surface area contributed by atoms with Gasteiger partial charge in [0.2, 0.25) is 0 Å². The number of hydrogen-bond acceptors (Lipinski definition) is 4. The van der Waals surface area contributed by atoms with Gasteiger partial charge in [0.05, 0.1) is 50.4 Å². The molecule has 1 aliphatic carbocycles. The number of para-hydroxylation sites is 7. The van der Waals surface area contributed by atoms with Crippen LogP contribution in [0.3, 0.4) is 0 Å². The predicted molar refractivity (Wildman–Crippen MR) is 378 cm³/mol. The summed E-state index contributed by atoms with van der Waals surface area (Å²) in [6, 6.07) is 87.9. The average molecular weight is 1210 g/mol. The molecule has 8 heteroatoms. The van der Waals surface area contributed by atoms with E-state index in [1.807, 2.05) is 18.2 Å². The quantitative estimate of drug-likeness (QED) is 0.166. The highest BCUT2D eigenvalue weighted by Gasteiger charge is 2.53. The van der Waals surface area contributed by atoms with Crippen molar-refractivity contribution in [3.05, 3.63) is 293 Å². The van der Waals surface area contributed by atoms with Gasteiger partial charge in [-0.25, -0.2) is 0 Å². The van der Waals surface area contributed by atoms with Gasteiger partial charge in [-0.15, -0.1) is 0 Å². The SMILES string of the molecule is Cc1cccc2c1oc1c(N(c3ccc(C(C)(C)C)cc3)c3cc4c(c5ccccc35)-c3c(cc(N(c5ccc(C(C)(C)C)cc5)c5cccc6c5oc5c(C(F)(F)F)cccc56)c5ccccc35)C43c4ccccc4-n4c5ccccc5c5cccc3c54)cccc12. The fourth-order valence-electron chi connectivity index (χ4n) is 16.0. The number of furan rings is 2. The third kappa shape index (κ3) is 7.69. The number of hydrogen-bond donors (Lipinski definition) is 0. The second-order valence-corrected chi connectivity index (χ2v) is 27.5. The largest absolute Gasteiger partial charge is 0.454 e. The van der Waals surface area contributed by atoms with E-state index in [1.165, 1.54) is 11.6 Å². The number of nitrogens with zero attached hydrogens (tertiary/aromatic N) is 3. The Morgan fingerprint density at radius 3 is 1.32 bits per heavy atom. The van der Waals surface area contributed by atoms with Gasteiger partial charge in [-0.3, -0.25) is 0 Å². The summed E-state index contributed by atoms with van der Waals surface area (Å²) < 4.78 is 61.8. The van der Waals surface area contributed by atoms with Crippen LogP contribution in [0.25, 0.3) is 104 Å². The van der Waals surface area contributed by atoms with E-state index in [0.717, 1.165) is 150 Å². The number of rotatable bonds is 6. The van der Waals surface area contributed by atoms with Crippen LogP contribution in [-0.4, -0.2) is 4.57 Å². The number of fused-ring (bicyclic) bond motifs is 22. The van der Waals surface area contributed by atoms with Gasteiger partial charge in [0.1, 0.15) is 11.2 Å². The molecule has 93 heavy (non-hydrogen) atoms. The second-order valence-electron chi connectivity index (χ2n) is 27.5. The Kier molecular flexibility index (Phi) is 11.5. The van der Waals surface area contributed by atoms with Crippen LogP contribution in [0.4, 0.5) is 47.3 Å². The number of alkyl halides is 3. The molecular formula is C85H62F3N3O2. The predicted octanol–water partition coefficient (Wildman–Crippen LogP) is 24.4. The lowest BCUT2D eigenvalue weighted by Gasteiger charge is -2.40. The van der Waals surface area contributed by atoms with E-state index >= 15 is 13.2 Å². The molecule has 0 saturated heterocycles. The van der Waals surface area contributed by atoms with Gasteiger partial charge < -0.3 is 23.2 Å². The van der Waals surface area contributed by atoms with Crippen molar-refractivity contribution in [1.29, 1.82) is 0 Å². The van der Waals surface area contributed by atoms with Crippen molar-refractivity contribution in [3.63, 3.8) is 0 Å². The van der Waals surface area contributed by atoms with Gasteiger partial charge in [0.15, 0.2) is 11.2 Å². The molecule has 5 nitrogen and oxygen atoms in total. The maximum Gasteiger partial charge on any atom is 0.420 e. The van der Waals surface area contributed by atoms with Crippen molar-refractivity contribution in [2.24, 2.45) is 0 Å². The van der Waals surface area contributed by atoms with Gasteiger partial charge in [0, 0.05) is 54.5 Å². The van der Waals surface area contributed by atoms with Crippen LogP contribution in [0.15, 0.2) is 258 Å². The summed E-state index contributed by atoms with van der Waals surface area (Å²) >= 11 is 0. The summed E-state index contributed by atoms with van der Waals surface area (Å²) in [6.07, 6.45) is -4.65. The van der Waals surface area contributed by atoms with Crippen molar-refractivity contribution in [2.45, 2.75) is 70.9 Å². The molecular weight excluding hydrogens is 1150 g/mol. The van der Waals surface area contributed by atoms with Crippen molar-refractivity contribution in [1.82, 2.24) is 4.57 Å². The fraction of sp³-hybridized carbons (Fsp3) is 0.129. The molecule has 0 radical (unpaired) electrons. The minimum absolute atomic E-state index is 0.0990. The molecule has 1 atom stereocenters. The Morgan fingerprint density at radius 2 is 0.774 bits per heavy atom. The first kappa shape index (κ1) is 55.0. The minimum atomic E-state index is -4.65. The molecule has 450 valence electrons. The Hall–Kier alpha value is -10.8. The van der Waals surface area contributed by atoms with Crippen LogP contribution in [-0.2, 0) is 22.4 Å². The summed E-state index contributed by atoms with van der Waals surface area (Å²) in [5, 5.41) is 9.53. The number of benzene rings is 13. The smallest absolute Gasteiger partial charge is 0.420 e. The van der Waals surface area contributed by atoms with Crippen molar-refractivity contribution >= 4 is 121 Å². The highest BCUT2D eigenvalue weighted by molar-refractivity contribution is 6.22. The average Bonchev–Trinajstić information content (AvgIpc) is 1.50. The number of halogens is 3. The molecule has 0 N–H and O–H groups in total. The Morgan fingerprint density at radius 1 is 0.355 bits per heavy atom. The lowest BCUT2D eigenvalue weighted by atomic mass is 9.65. The molecule has 3 aromatic heterocycles. The standard InChI is InChI=1S/C85H62F3N3O2/c1-49-21-16-28-60-62-30-19-37-71(80(62)92-78(49)60)89(52-43-39-50(40-44-52)82(2,3)4)73-47-67-75(57-25-10-8-22-54(57)73)76-58-26-11-9-23-55(58)74(48-68(76)84(67)64-32-13-15-36-70(64)91-69-35-14-12-24-56(69)59-27-17-33-65(84)77(59)91)90(53-45-41-51(42-46-53)83(5,6)7)72-38-20-31-63-61-29-18-34-66(85(86,87)88)79(61)93-81(63)72/h8-48H,1-7H3.